The molecule has 1 saturated heterocycles. The van der Waals surface area contributed by atoms with Crippen LogP contribution in [-0.4, -0.2) is 22.7 Å². The van der Waals surface area contributed by atoms with Crippen LogP contribution in [-0.2, 0) is 0 Å². The van der Waals surface area contributed by atoms with Gasteiger partial charge in [0.1, 0.15) is 0 Å². The summed E-state index contributed by atoms with van der Waals surface area (Å²) in [5, 5.41) is 7.43. The summed E-state index contributed by atoms with van der Waals surface area (Å²) in [7, 11) is 0. The summed E-state index contributed by atoms with van der Waals surface area (Å²) >= 11 is 0. The first kappa shape index (κ1) is 10.6. The van der Waals surface area contributed by atoms with E-state index in [4.69, 9.17) is 4.52 Å². The van der Waals surface area contributed by atoms with Crippen LogP contribution in [0.1, 0.15) is 57.2 Å². The number of hydrogen-bond donors (Lipinski definition) is 1. The predicted octanol–water partition coefficient (Wildman–Crippen LogP) is 2.05. The maximum Gasteiger partial charge on any atom is 0.229 e. The smallest absolute Gasteiger partial charge is 0.229 e. The van der Waals surface area contributed by atoms with Crippen molar-refractivity contribution >= 4 is 0 Å². The zero-order valence-electron chi connectivity index (χ0n) is 9.66. The van der Waals surface area contributed by atoms with E-state index in [1.54, 1.807) is 0 Å². The highest BCUT2D eigenvalue weighted by Gasteiger charge is 2.25. The van der Waals surface area contributed by atoms with Gasteiger partial charge in [0.05, 0.1) is 0 Å². The average Bonchev–Trinajstić information content (AvgIpc) is 2.66. The summed E-state index contributed by atoms with van der Waals surface area (Å²) in [5.41, 5.74) is 0. The van der Waals surface area contributed by atoms with Crippen molar-refractivity contribution in [3.8, 4) is 0 Å². The number of hydrogen-bond acceptors (Lipinski definition) is 4. The van der Waals surface area contributed by atoms with Crippen molar-refractivity contribution in [2.45, 2.75) is 51.5 Å². The minimum atomic E-state index is 0.349. The Balaban J connectivity index is 2.08. The van der Waals surface area contributed by atoms with Crippen LogP contribution in [0.4, 0.5) is 0 Å². The fourth-order valence-corrected chi connectivity index (χ4v) is 2.00. The van der Waals surface area contributed by atoms with Crippen LogP contribution in [0.5, 0.6) is 0 Å². The van der Waals surface area contributed by atoms with Crippen LogP contribution in [0.2, 0.25) is 0 Å². The molecule has 0 radical (unpaired) electrons. The first-order valence-electron chi connectivity index (χ1n) is 5.73. The lowest BCUT2D eigenvalue weighted by Gasteiger charge is -2.25. The lowest BCUT2D eigenvalue weighted by Crippen LogP contribution is -2.34. The van der Waals surface area contributed by atoms with E-state index in [0.29, 0.717) is 17.9 Å². The van der Waals surface area contributed by atoms with Crippen molar-refractivity contribution in [1.29, 1.82) is 0 Å². The third-order valence-corrected chi connectivity index (χ3v) is 2.95. The van der Waals surface area contributed by atoms with Crippen LogP contribution in [0, 0.1) is 0 Å². The third-order valence-electron chi connectivity index (χ3n) is 2.95. The summed E-state index contributed by atoms with van der Waals surface area (Å²) in [6, 6.07) is 0.554. The van der Waals surface area contributed by atoms with Crippen molar-refractivity contribution in [3.05, 3.63) is 11.7 Å². The van der Waals surface area contributed by atoms with Crippen molar-refractivity contribution in [2.75, 3.05) is 6.54 Å². The van der Waals surface area contributed by atoms with E-state index in [2.05, 4.69) is 36.2 Å². The molecule has 1 N–H and O–H groups in total. The van der Waals surface area contributed by atoms with Gasteiger partial charge in [-0.2, -0.15) is 4.98 Å². The Kier molecular flexibility index (Phi) is 3.05. The molecule has 2 rings (SSSR count). The van der Waals surface area contributed by atoms with Gasteiger partial charge < -0.3 is 9.84 Å². The van der Waals surface area contributed by atoms with Gasteiger partial charge in [-0.15, -0.1) is 0 Å². The van der Waals surface area contributed by atoms with E-state index >= 15 is 0 Å². The minimum Gasteiger partial charge on any atom is -0.339 e. The quantitative estimate of drug-likeness (QED) is 0.810. The van der Waals surface area contributed by atoms with E-state index < -0.39 is 0 Å². The fourth-order valence-electron chi connectivity index (χ4n) is 2.00. The largest absolute Gasteiger partial charge is 0.339 e. The topological polar surface area (TPSA) is 51.0 Å². The van der Waals surface area contributed by atoms with Gasteiger partial charge in [0.25, 0.3) is 0 Å². The minimum absolute atomic E-state index is 0.349. The lowest BCUT2D eigenvalue weighted by molar-refractivity contribution is 0.294. The molecule has 1 aromatic heterocycles. The fraction of sp³-hybridized carbons (Fsp3) is 0.818. The summed E-state index contributed by atoms with van der Waals surface area (Å²) in [6.45, 7) is 7.41. The molecule has 2 unspecified atom stereocenters. The second kappa shape index (κ2) is 4.31. The number of nitrogens with zero attached hydrogens (tertiary/aromatic N) is 2. The molecule has 0 spiro atoms. The summed E-state index contributed by atoms with van der Waals surface area (Å²) < 4.78 is 5.32. The first-order valence-corrected chi connectivity index (χ1v) is 5.73. The highest BCUT2D eigenvalue weighted by Crippen LogP contribution is 2.27. The van der Waals surface area contributed by atoms with Gasteiger partial charge in [-0.25, -0.2) is 0 Å². The van der Waals surface area contributed by atoms with Crippen molar-refractivity contribution < 1.29 is 4.52 Å². The molecule has 0 amide bonds. The molecule has 1 fully saturated rings. The van der Waals surface area contributed by atoms with E-state index in [1.165, 1.54) is 0 Å². The molecule has 4 heteroatoms. The monoisotopic (exact) mass is 209 g/mol. The second-order valence-electron chi connectivity index (χ2n) is 4.72. The number of aromatic nitrogens is 2. The zero-order valence-corrected chi connectivity index (χ0v) is 9.66. The molecule has 1 aliphatic heterocycles. The van der Waals surface area contributed by atoms with E-state index in [1.807, 2.05) is 0 Å². The molecule has 1 aliphatic rings. The molecule has 15 heavy (non-hydrogen) atoms. The molecule has 84 valence electrons. The van der Waals surface area contributed by atoms with Crippen molar-refractivity contribution in [1.82, 2.24) is 15.5 Å². The van der Waals surface area contributed by atoms with Gasteiger partial charge in [0.15, 0.2) is 5.82 Å². The van der Waals surface area contributed by atoms with Crippen LogP contribution >= 0.6 is 0 Å². The van der Waals surface area contributed by atoms with Crippen molar-refractivity contribution in [2.24, 2.45) is 0 Å². The van der Waals surface area contributed by atoms with Gasteiger partial charge in [-0.05, 0) is 26.3 Å². The molecular weight excluding hydrogens is 190 g/mol. The molecule has 2 atom stereocenters. The molecule has 4 nitrogen and oxygen atoms in total. The van der Waals surface area contributed by atoms with Crippen LogP contribution in [0.15, 0.2) is 4.52 Å². The Morgan fingerprint density at radius 3 is 2.87 bits per heavy atom. The summed E-state index contributed by atoms with van der Waals surface area (Å²) in [4.78, 5) is 4.46. The molecule has 1 aromatic rings. The summed E-state index contributed by atoms with van der Waals surface area (Å²) in [6.07, 6.45) is 2.20. The zero-order chi connectivity index (χ0) is 10.8. The van der Waals surface area contributed by atoms with E-state index in [9.17, 15) is 0 Å². The third kappa shape index (κ3) is 2.37. The Morgan fingerprint density at radius 2 is 2.27 bits per heavy atom. The van der Waals surface area contributed by atoms with Gasteiger partial charge in [-0.3, -0.25) is 0 Å². The van der Waals surface area contributed by atoms with Gasteiger partial charge >= 0.3 is 0 Å². The van der Waals surface area contributed by atoms with Gasteiger partial charge in [0, 0.05) is 17.9 Å². The SMILES string of the molecule is CC1CC(c2nc(C(C)C)no2)CCN1. The molecule has 0 bridgehead atoms. The lowest BCUT2D eigenvalue weighted by atomic mass is 9.93. The molecule has 2 heterocycles. The van der Waals surface area contributed by atoms with Crippen LogP contribution < -0.4 is 5.32 Å². The maximum absolute atomic E-state index is 5.32. The Hall–Kier alpha value is -0.900. The number of nitrogens with one attached hydrogen (secondary N) is 1. The molecule has 0 saturated carbocycles. The molecular formula is C11H19N3O. The van der Waals surface area contributed by atoms with E-state index in [0.717, 1.165) is 31.1 Å². The molecule has 0 aliphatic carbocycles. The second-order valence-corrected chi connectivity index (χ2v) is 4.72. The number of piperidine rings is 1. The molecule has 0 aromatic carbocycles. The highest BCUT2D eigenvalue weighted by atomic mass is 16.5. The average molecular weight is 209 g/mol. The predicted molar refractivity (Wildman–Crippen MR) is 57.8 cm³/mol. The van der Waals surface area contributed by atoms with E-state index in [-0.39, 0.29) is 0 Å². The maximum atomic E-state index is 5.32. The number of rotatable bonds is 2. The van der Waals surface area contributed by atoms with Gasteiger partial charge in [0.2, 0.25) is 5.89 Å². The van der Waals surface area contributed by atoms with Crippen LogP contribution in [0.25, 0.3) is 0 Å². The normalized spacial score (nSPS) is 27.2. The van der Waals surface area contributed by atoms with Gasteiger partial charge in [-0.1, -0.05) is 19.0 Å². The summed E-state index contributed by atoms with van der Waals surface area (Å²) in [5.74, 6) is 2.45. The first-order chi connectivity index (χ1) is 7.16. The standard InChI is InChI=1S/C11H19N3O/c1-7(2)10-13-11(15-14-10)9-4-5-12-8(3)6-9/h7-9,12H,4-6H2,1-3H3. The Bertz CT molecular complexity index is 321. The van der Waals surface area contributed by atoms with Crippen LogP contribution in [0.3, 0.4) is 0 Å². The highest BCUT2D eigenvalue weighted by molar-refractivity contribution is 4.99. The van der Waals surface area contributed by atoms with Crippen molar-refractivity contribution in [3.63, 3.8) is 0 Å². The Labute approximate surface area is 90.4 Å². The Morgan fingerprint density at radius 1 is 1.47 bits per heavy atom.